The van der Waals surface area contributed by atoms with Gasteiger partial charge in [0, 0.05) is 44.7 Å². The van der Waals surface area contributed by atoms with E-state index in [1.807, 2.05) is 12.1 Å². The van der Waals surface area contributed by atoms with Crippen LogP contribution in [0.15, 0.2) is 48.8 Å². The highest BCUT2D eigenvalue weighted by molar-refractivity contribution is 8.13. The van der Waals surface area contributed by atoms with E-state index in [9.17, 15) is 14.0 Å². The van der Waals surface area contributed by atoms with Gasteiger partial charge < -0.3 is 10.2 Å². The van der Waals surface area contributed by atoms with E-state index in [-0.39, 0.29) is 17.0 Å². The average Bonchev–Trinajstić information content (AvgIpc) is 2.69. The van der Waals surface area contributed by atoms with Gasteiger partial charge in [0.2, 0.25) is 0 Å². The molecule has 2 rings (SSSR count). The van der Waals surface area contributed by atoms with Crippen LogP contribution in [-0.4, -0.2) is 46.4 Å². The van der Waals surface area contributed by atoms with Crippen molar-refractivity contribution in [1.29, 1.82) is 0 Å². The molecule has 0 atom stereocenters. The zero-order chi connectivity index (χ0) is 20.2. The number of carbonyl (C=O) groups excluding carboxylic acids is 2. The van der Waals surface area contributed by atoms with Gasteiger partial charge in [0.15, 0.2) is 5.12 Å². The van der Waals surface area contributed by atoms with Gasteiger partial charge in [0.25, 0.3) is 0 Å². The summed E-state index contributed by atoms with van der Waals surface area (Å²) in [6.45, 7) is 3.10. The largest absolute Gasteiger partial charge is 0.338 e. The standard InChI is InChI=1S/C21H26FN3O2S/c1-17(26)28-16-15-25(14-10-19-4-6-20(22)7-5-19)21(27)24-11-2-3-18-8-12-23-13-9-18/h4-9,12-13H,2-3,10-11,14-16H2,1H3,(H,24,27). The average molecular weight is 404 g/mol. The summed E-state index contributed by atoms with van der Waals surface area (Å²) in [5.41, 5.74) is 2.16. The minimum atomic E-state index is -0.273. The van der Waals surface area contributed by atoms with Crippen molar-refractivity contribution in [3.05, 3.63) is 65.7 Å². The summed E-state index contributed by atoms with van der Waals surface area (Å²) < 4.78 is 13.0. The number of nitrogens with one attached hydrogen (secondary N) is 1. The van der Waals surface area contributed by atoms with E-state index in [1.165, 1.54) is 36.4 Å². The van der Waals surface area contributed by atoms with Gasteiger partial charge in [-0.2, -0.15) is 0 Å². The first kappa shape index (κ1) is 21.9. The maximum Gasteiger partial charge on any atom is 0.317 e. The van der Waals surface area contributed by atoms with Crippen LogP contribution in [0.25, 0.3) is 0 Å². The number of carbonyl (C=O) groups is 2. The Hall–Kier alpha value is -2.41. The lowest BCUT2D eigenvalue weighted by Crippen LogP contribution is -2.42. The number of aromatic nitrogens is 1. The number of hydrogen-bond acceptors (Lipinski definition) is 4. The fraction of sp³-hybridized carbons (Fsp3) is 0.381. The van der Waals surface area contributed by atoms with Crippen molar-refractivity contribution < 1.29 is 14.0 Å². The zero-order valence-electron chi connectivity index (χ0n) is 16.1. The summed E-state index contributed by atoms with van der Waals surface area (Å²) in [5.74, 6) is 0.286. The summed E-state index contributed by atoms with van der Waals surface area (Å²) in [7, 11) is 0. The first-order valence-corrected chi connectivity index (χ1v) is 10.3. The second-order valence-corrected chi connectivity index (χ2v) is 7.67. The monoisotopic (exact) mass is 403 g/mol. The normalized spacial score (nSPS) is 10.5. The van der Waals surface area contributed by atoms with Gasteiger partial charge in [-0.1, -0.05) is 23.9 Å². The Bertz CT molecular complexity index is 741. The van der Waals surface area contributed by atoms with Crippen molar-refractivity contribution in [1.82, 2.24) is 15.2 Å². The maximum atomic E-state index is 13.0. The van der Waals surface area contributed by atoms with Gasteiger partial charge in [-0.05, 0) is 54.7 Å². The highest BCUT2D eigenvalue weighted by Gasteiger charge is 2.13. The van der Waals surface area contributed by atoms with Crippen LogP contribution in [0.4, 0.5) is 9.18 Å². The molecule has 2 amide bonds. The molecule has 0 bridgehead atoms. The number of hydrogen-bond donors (Lipinski definition) is 1. The van der Waals surface area contributed by atoms with Crippen molar-refractivity contribution in [3.8, 4) is 0 Å². The number of thioether (sulfide) groups is 1. The van der Waals surface area contributed by atoms with E-state index in [0.717, 1.165) is 18.4 Å². The Labute approximate surface area is 169 Å². The Kier molecular flexibility index (Phi) is 9.48. The van der Waals surface area contributed by atoms with Gasteiger partial charge in [-0.25, -0.2) is 9.18 Å². The third-order valence-corrected chi connectivity index (χ3v) is 5.00. The van der Waals surface area contributed by atoms with Crippen LogP contribution in [-0.2, 0) is 17.6 Å². The molecular formula is C21H26FN3O2S. The van der Waals surface area contributed by atoms with Gasteiger partial charge >= 0.3 is 6.03 Å². The van der Waals surface area contributed by atoms with Crippen molar-refractivity contribution >= 4 is 22.9 Å². The van der Waals surface area contributed by atoms with E-state index >= 15 is 0 Å². The molecule has 0 radical (unpaired) electrons. The van der Waals surface area contributed by atoms with Crippen molar-refractivity contribution in [2.24, 2.45) is 0 Å². The summed E-state index contributed by atoms with van der Waals surface area (Å²) in [6.07, 6.45) is 5.87. The molecule has 0 aliphatic rings. The predicted octanol–water partition coefficient (Wildman–Crippen LogP) is 3.69. The number of urea groups is 1. The van der Waals surface area contributed by atoms with Gasteiger partial charge in [0.1, 0.15) is 5.82 Å². The minimum absolute atomic E-state index is 0.0382. The van der Waals surface area contributed by atoms with E-state index in [4.69, 9.17) is 0 Å². The first-order valence-electron chi connectivity index (χ1n) is 9.34. The molecule has 2 aromatic rings. The minimum Gasteiger partial charge on any atom is -0.338 e. The summed E-state index contributed by atoms with van der Waals surface area (Å²) in [4.78, 5) is 29.4. The molecule has 0 spiro atoms. The molecule has 0 saturated carbocycles. The number of nitrogens with zero attached hydrogens (tertiary/aromatic N) is 2. The molecular weight excluding hydrogens is 377 g/mol. The topological polar surface area (TPSA) is 62.3 Å². The fourth-order valence-corrected chi connectivity index (χ4v) is 3.28. The molecule has 1 heterocycles. The number of amides is 2. The molecule has 1 aromatic heterocycles. The second-order valence-electron chi connectivity index (χ2n) is 6.39. The molecule has 1 N–H and O–H groups in total. The number of halogens is 1. The first-order chi connectivity index (χ1) is 13.5. The van der Waals surface area contributed by atoms with E-state index in [2.05, 4.69) is 10.3 Å². The van der Waals surface area contributed by atoms with Crippen LogP contribution in [0.5, 0.6) is 0 Å². The smallest absolute Gasteiger partial charge is 0.317 e. The Morgan fingerprint density at radius 3 is 2.39 bits per heavy atom. The van der Waals surface area contributed by atoms with Crippen LogP contribution in [0.1, 0.15) is 24.5 Å². The molecule has 7 heteroatoms. The zero-order valence-corrected chi connectivity index (χ0v) is 16.9. The molecule has 0 unspecified atom stereocenters. The van der Waals surface area contributed by atoms with E-state index in [1.54, 1.807) is 29.4 Å². The third kappa shape index (κ3) is 8.52. The van der Waals surface area contributed by atoms with Crippen LogP contribution in [0.2, 0.25) is 0 Å². The molecule has 150 valence electrons. The third-order valence-electron chi connectivity index (χ3n) is 4.21. The number of aryl methyl sites for hydroxylation is 1. The van der Waals surface area contributed by atoms with Crippen LogP contribution < -0.4 is 5.32 Å². The van der Waals surface area contributed by atoms with Crippen LogP contribution in [0, 0.1) is 5.82 Å². The quantitative estimate of drug-likeness (QED) is 0.615. The van der Waals surface area contributed by atoms with E-state index < -0.39 is 0 Å². The Balaban J connectivity index is 1.80. The molecule has 5 nitrogen and oxygen atoms in total. The summed E-state index contributed by atoms with van der Waals surface area (Å²) >= 11 is 1.21. The SMILES string of the molecule is CC(=O)SCCN(CCc1ccc(F)cc1)C(=O)NCCCc1ccncc1. The maximum absolute atomic E-state index is 13.0. The molecule has 0 aliphatic carbocycles. The fourth-order valence-electron chi connectivity index (χ4n) is 2.68. The highest BCUT2D eigenvalue weighted by Crippen LogP contribution is 2.07. The lowest BCUT2D eigenvalue weighted by atomic mass is 10.1. The van der Waals surface area contributed by atoms with E-state index in [0.29, 0.717) is 31.8 Å². The van der Waals surface area contributed by atoms with Crippen molar-refractivity contribution in [3.63, 3.8) is 0 Å². The van der Waals surface area contributed by atoms with Gasteiger partial charge in [-0.3, -0.25) is 9.78 Å². The molecule has 0 aliphatic heterocycles. The van der Waals surface area contributed by atoms with Gasteiger partial charge in [-0.15, -0.1) is 0 Å². The lowest BCUT2D eigenvalue weighted by molar-refractivity contribution is -0.109. The summed E-state index contributed by atoms with van der Waals surface area (Å²) in [5, 5.41) is 2.99. The lowest BCUT2D eigenvalue weighted by Gasteiger charge is -2.23. The number of rotatable bonds is 10. The van der Waals surface area contributed by atoms with Gasteiger partial charge in [0.05, 0.1) is 0 Å². The second kappa shape index (κ2) is 12.1. The van der Waals surface area contributed by atoms with Crippen molar-refractivity contribution in [2.45, 2.75) is 26.2 Å². The Morgan fingerprint density at radius 1 is 1.04 bits per heavy atom. The molecule has 0 saturated heterocycles. The number of pyridine rings is 1. The Morgan fingerprint density at radius 2 is 1.71 bits per heavy atom. The van der Waals surface area contributed by atoms with Crippen LogP contribution >= 0.6 is 11.8 Å². The predicted molar refractivity (Wildman–Crippen MR) is 111 cm³/mol. The molecule has 1 aromatic carbocycles. The van der Waals surface area contributed by atoms with Crippen molar-refractivity contribution in [2.75, 3.05) is 25.4 Å². The number of benzene rings is 1. The highest BCUT2D eigenvalue weighted by atomic mass is 32.2. The molecule has 0 fully saturated rings. The van der Waals surface area contributed by atoms with Crippen LogP contribution in [0.3, 0.4) is 0 Å². The molecule has 28 heavy (non-hydrogen) atoms. The summed E-state index contributed by atoms with van der Waals surface area (Å²) in [6, 6.07) is 10.1.